The highest BCUT2D eigenvalue weighted by Crippen LogP contribution is 2.20. The van der Waals surface area contributed by atoms with Crippen LogP contribution < -0.4 is 16.4 Å². The van der Waals surface area contributed by atoms with Crippen molar-refractivity contribution in [1.82, 2.24) is 24.8 Å². The molecule has 0 radical (unpaired) electrons. The fourth-order valence-electron chi connectivity index (χ4n) is 4.32. The second kappa shape index (κ2) is 10.4. The number of rotatable bonds is 6. The molecule has 190 valence electrons. The molecule has 0 unspecified atom stereocenters. The van der Waals surface area contributed by atoms with E-state index in [9.17, 15) is 14.4 Å². The number of carbonyl (C=O) groups is 3. The van der Waals surface area contributed by atoms with E-state index in [1.54, 1.807) is 47.4 Å². The second-order valence-corrected chi connectivity index (χ2v) is 8.80. The van der Waals surface area contributed by atoms with E-state index < -0.39 is 11.8 Å². The van der Waals surface area contributed by atoms with Crippen molar-refractivity contribution >= 4 is 40.7 Å². The standard InChI is InChI=1S/C26H23N9O3/c27-12-15-13-29-25(30-14-15)31-18-7-9-35(10-8-18)24(38)17-4-1-3-16(11-17)23(37)34-26-32-20-6-2-5-19(22(28)36)21(20)33-26/h1-6,11,13-14,18H,7-10H2,(H2,28,36)(H,29,30,31)(H2,32,33,34,37). The average molecular weight is 510 g/mol. The number of amides is 3. The Bertz CT molecular complexity index is 1570. The van der Waals surface area contributed by atoms with E-state index in [4.69, 9.17) is 11.0 Å². The highest BCUT2D eigenvalue weighted by molar-refractivity contribution is 6.07. The molecule has 1 aliphatic rings. The van der Waals surface area contributed by atoms with Crippen molar-refractivity contribution in [3.05, 3.63) is 77.1 Å². The minimum atomic E-state index is -0.617. The van der Waals surface area contributed by atoms with Gasteiger partial charge < -0.3 is 20.9 Å². The summed E-state index contributed by atoms with van der Waals surface area (Å²) < 4.78 is 0. The molecule has 0 saturated carbocycles. The predicted octanol–water partition coefficient (Wildman–Crippen LogP) is 2.29. The monoisotopic (exact) mass is 509 g/mol. The Kier molecular flexibility index (Phi) is 6.65. The van der Waals surface area contributed by atoms with Crippen LogP contribution in [-0.4, -0.2) is 61.7 Å². The second-order valence-electron chi connectivity index (χ2n) is 8.80. The number of benzene rings is 2. The number of imidazole rings is 1. The number of para-hydroxylation sites is 1. The Morgan fingerprint density at radius 3 is 2.47 bits per heavy atom. The molecular weight excluding hydrogens is 486 g/mol. The number of nitriles is 1. The first-order valence-electron chi connectivity index (χ1n) is 11.9. The van der Waals surface area contributed by atoms with Crippen LogP contribution in [0.3, 0.4) is 0 Å². The van der Waals surface area contributed by atoms with Crippen molar-refractivity contribution in [1.29, 1.82) is 5.26 Å². The van der Waals surface area contributed by atoms with Crippen LogP contribution in [0, 0.1) is 11.3 Å². The molecule has 38 heavy (non-hydrogen) atoms. The number of anilines is 2. The molecule has 0 aliphatic carbocycles. The van der Waals surface area contributed by atoms with Crippen molar-refractivity contribution < 1.29 is 14.4 Å². The molecule has 5 rings (SSSR count). The lowest BCUT2D eigenvalue weighted by atomic mass is 10.0. The Hall–Kier alpha value is -5.31. The molecule has 12 nitrogen and oxygen atoms in total. The van der Waals surface area contributed by atoms with Gasteiger partial charge in [0.15, 0.2) is 0 Å². The minimum absolute atomic E-state index is 0.1000. The summed E-state index contributed by atoms with van der Waals surface area (Å²) in [7, 11) is 0. The first kappa shape index (κ1) is 24.4. The van der Waals surface area contributed by atoms with Crippen LogP contribution >= 0.6 is 0 Å². The third-order valence-corrected chi connectivity index (χ3v) is 6.28. The van der Waals surface area contributed by atoms with Gasteiger partial charge in [-0.05, 0) is 43.2 Å². The zero-order valence-corrected chi connectivity index (χ0v) is 20.1. The summed E-state index contributed by atoms with van der Waals surface area (Å²) >= 11 is 0. The molecule has 1 fully saturated rings. The third-order valence-electron chi connectivity index (χ3n) is 6.28. The Morgan fingerprint density at radius 1 is 1.05 bits per heavy atom. The van der Waals surface area contributed by atoms with E-state index in [-0.39, 0.29) is 23.5 Å². The number of nitrogens with two attached hydrogens (primary N) is 1. The number of likely N-dealkylation sites (tertiary alicyclic amines) is 1. The van der Waals surface area contributed by atoms with Crippen LogP contribution in [0.2, 0.25) is 0 Å². The van der Waals surface area contributed by atoms with Crippen molar-refractivity contribution in [3.8, 4) is 6.07 Å². The number of carbonyl (C=O) groups excluding carboxylic acids is 3. The molecule has 0 spiro atoms. The molecule has 0 atom stereocenters. The van der Waals surface area contributed by atoms with Gasteiger partial charge in [-0.2, -0.15) is 5.26 Å². The summed E-state index contributed by atoms with van der Waals surface area (Å²) in [6.45, 7) is 1.06. The van der Waals surface area contributed by atoms with Crippen molar-refractivity contribution in [2.24, 2.45) is 5.73 Å². The zero-order valence-electron chi connectivity index (χ0n) is 20.1. The summed E-state index contributed by atoms with van der Waals surface area (Å²) in [5.41, 5.74) is 7.66. The van der Waals surface area contributed by atoms with Crippen LogP contribution in [0.1, 0.15) is 49.5 Å². The Balaban J connectivity index is 1.21. The number of aromatic amines is 1. The number of fused-ring (bicyclic) bond motifs is 1. The number of nitrogens with one attached hydrogen (secondary N) is 3. The molecule has 4 aromatic rings. The van der Waals surface area contributed by atoms with Crippen molar-refractivity contribution in [2.45, 2.75) is 18.9 Å². The topological polar surface area (TPSA) is 183 Å². The first-order valence-corrected chi connectivity index (χ1v) is 11.9. The Morgan fingerprint density at radius 2 is 1.76 bits per heavy atom. The Labute approximate surface area is 216 Å². The molecule has 2 aromatic heterocycles. The molecular formula is C26H23N9O3. The maximum atomic E-state index is 13.1. The van der Waals surface area contributed by atoms with E-state index in [1.807, 2.05) is 6.07 Å². The van der Waals surface area contributed by atoms with Crippen LogP contribution in [-0.2, 0) is 0 Å². The molecule has 3 amide bonds. The van der Waals surface area contributed by atoms with Crippen LogP contribution in [0.15, 0.2) is 54.9 Å². The van der Waals surface area contributed by atoms with Crippen LogP contribution in [0.4, 0.5) is 11.9 Å². The lowest BCUT2D eigenvalue weighted by Crippen LogP contribution is -2.42. The fraction of sp³-hybridized carbons (Fsp3) is 0.192. The largest absolute Gasteiger partial charge is 0.366 e. The molecule has 2 aromatic carbocycles. The summed E-state index contributed by atoms with van der Waals surface area (Å²) in [5, 5.41) is 14.8. The maximum Gasteiger partial charge on any atom is 0.257 e. The van der Waals surface area contributed by atoms with Gasteiger partial charge in [0.2, 0.25) is 11.9 Å². The highest BCUT2D eigenvalue weighted by Gasteiger charge is 2.25. The SMILES string of the molecule is N#Cc1cnc(NC2CCN(C(=O)c3cccc(C(=O)Nc4nc5c(C(N)=O)cccc5[nH]4)c3)CC2)nc1. The third kappa shape index (κ3) is 5.12. The summed E-state index contributed by atoms with van der Waals surface area (Å²) in [6.07, 6.45) is 4.33. The smallest absolute Gasteiger partial charge is 0.257 e. The van der Waals surface area contributed by atoms with E-state index in [0.29, 0.717) is 59.6 Å². The van der Waals surface area contributed by atoms with Gasteiger partial charge in [-0.25, -0.2) is 15.0 Å². The maximum absolute atomic E-state index is 13.1. The van der Waals surface area contributed by atoms with Crippen LogP contribution in [0.5, 0.6) is 0 Å². The average Bonchev–Trinajstić information content (AvgIpc) is 3.36. The normalized spacial score (nSPS) is 13.6. The van der Waals surface area contributed by atoms with Gasteiger partial charge in [0.1, 0.15) is 11.6 Å². The van der Waals surface area contributed by atoms with Crippen molar-refractivity contribution in [2.75, 3.05) is 23.7 Å². The number of hydrogen-bond acceptors (Lipinski definition) is 8. The lowest BCUT2D eigenvalue weighted by Gasteiger charge is -2.32. The van der Waals surface area contributed by atoms with E-state index in [2.05, 4.69) is 30.6 Å². The van der Waals surface area contributed by atoms with Crippen molar-refractivity contribution in [3.63, 3.8) is 0 Å². The number of nitrogens with zero attached hydrogens (tertiary/aromatic N) is 5. The lowest BCUT2D eigenvalue weighted by molar-refractivity contribution is 0.0718. The minimum Gasteiger partial charge on any atom is -0.366 e. The van der Waals surface area contributed by atoms with Gasteiger partial charge in [0, 0.05) is 30.3 Å². The predicted molar refractivity (Wildman–Crippen MR) is 138 cm³/mol. The molecule has 3 heterocycles. The molecule has 1 aliphatic heterocycles. The van der Waals surface area contributed by atoms with Gasteiger partial charge in [-0.15, -0.1) is 0 Å². The molecule has 1 saturated heterocycles. The number of piperidine rings is 1. The van der Waals surface area contributed by atoms with Crippen LogP contribution in [0.25, 0.3) is 11.0 Å². The van der Waals surface area contributed by atoms with Gasteiger partial charge >= 0.3 is 0 Å². The van der Waals surface area contributed by atoms with E-state index in [0.717, 1.165) is 0 Å². The van der Waals surface area contributed by atoms with Gasteiger partial charge in [-0.3, -0.25) is 19.7 Å². The fourth-order valence-corrected chi connectivity index (χ4v) is 4.32. The van der Waals surface area contributed by atoms with Gasteiger partial charge in [-0.1, -0.05) is 12.1 Å². The number of hydrogen-bond donors (Lipinski definition) is 4. The zero-order chi connectivity index (χ0) is 26.6. The quantitative estimate of drug-likeness (QED) is 0.305. The van der Waals surface area contributed by atoms with Gasteiger partial charge in [0.25, 0.3) is 17.7 Å². The summed E-state index contributed by atoms with van der Waals surface area (Å²) in [5.74, 6) is -0.625. The first-order chi connectivity index (χ1) is 18.4. The molecule has 5 N–H and O–H groups in total. The highest BCUT2D eigenvalue weighted by atomic mass is 16.2. The number of primary amides is 1. The van der Waals surface area contributed by atoms with Gasteiger partial charge in [0.05, 0.1) is 29.0 Å². The number of aromatic nitrogens is 4. The number of H-pyrrole nitrogens is 1. The summed E-state index contributed by atoms with van der Waals surface area (Å²) in [6, 6.07) is 13.5. The molecule has 12 heteroatoms. The summed E-state index contributed by atoms with van der Waals surface area (Å²) in [4.78, 5) is 54.9. The van der Waals surface area contributed by atoms with E-state index >= 15 is 0 Å². The van der Waals surface area contributed by atoms with E-state index in [1.165, 1.54) is 12.4 Å². The molecule has 0 bridgehead atoms.